The first-order chi connectivity index (χ1) is 9.04. The van der Waals surface area contributed by atoms with Crippen LogP contribution in [-0.2, 0) is 0 Å². The zero-order valence-electron chi connectivity index (χ0n) is 10.1. The minimum Gasteiger partial charge on any atom is -0.397 e. The molecule has 0 spiro atoms. The molecule has 7 heteroatoms. The van der Waals surface area contributed by atoms with Crippen LogP contribution in [-0.4, -0.2) is 47.3 Å². The standard InChI is InChI=1S/C12H14ClN3O3/c13-9-5-8(7-14)11(15)10(6-9)12(19)16(1-3-17)2-4-18/h5-6,17-18H,1-4,15H2. The summed E-state index contributed by atoms with van der Waals surface area (Å²) in [6.07, 6.45) is 0. The van der Waals surface area contributed by atoms with Gasteiger partial charge in [-0.1, -0.05) is 11.6 Å². The van der Waals surface area contributed by atoms with Crippen molar-refractivity contribution in [2.24, 2.45) is 0 Å². The fourth-order valence-corrected chi connectivity index (χ4v) is 1.83. The van der Waals surface area contributed by atoms with E-state index >= 15 is 0 Å². The van der Waals surface area contributed by atoms with E-state index in [4.69, 9.17) is 32.8 Å². The number of aliphatic hydroxyl groups is 2. The molecule has 0 aliphatic carbocycles. The van der Waals surface area contributed by atoms with Crippen LogP contribution in [0.1, 0.15) is 15.9 Å². The normalized spacial score (nSPS) is 10.0. The van der Waals surface area contributed by atoms with Gasteiger partial charge < -0.3 is 20.8 Å². The van der Waals surface area contributed by atoms with Crippen LogP contribution < -0.4 is 5.73 Å². The molecule has 0 aromatic heterocycles. The van der Waals surface area contributed by atoms with E-state index in [1.165, 1.54) is 17.0 Å². The molecular weight excluding hydrogens is 270 g/mol. The third-order valence-electron chi connectivity index (χ3n) is 2.52. The molecule has 6 nitrogen and oxygen atoms in total. The summed E-state index contributed by atoms with van der Waals surface area (Å²) >= 11 is 5.83. The van der Waals surface area contributed by atoms with Gasteiger partial charge in [0, 0.05) is 18.1 Å². The van der Waals surface area contributed by atoms with E-state index in [1.807, 2.05) is 6.07 Å². The molecule has 102 valence electrons. The zero-order chi connectivity index (χ0) is 14.4. The molecule has 1 amide bonds. The van der Waals surface area contributed by atoms with Crippen LogP contribution in [0.25, 0.3) is 0 Å². The molecule has 0 fully saturated rings. The molecule has 1 aromatic rings. The van der Waals surface area contributed by atoms with Crippen molar-refractivity contribution >= 4 is 23.2 Å². The van der Waals surface area contributed by atoms with Crippen molar-refractivity contribution in [3.05, 3.63) is 28.3 Å². The Kier molecular flexibility index (Phi) is 5.57. The van der Waals surface area contributed by atoms with Crippen LogP contribution in [0.5, 0.6) is 0 Å². The van der Waals surface area contributed by atoms with Crippen molar-refractivity contribution in [3.63, 3.8) is 0 Å². The Hall–Kier alpha value is -1.81. The van der Waals surface area contributed by atoms with Crippen LogP contribution >= 0.6 is 11.6 Å². The largest absolute Gasteiger partial charge is 0.397 e. The predicted octanol–water partition coefficient (Wildman–Crippen LogP) is 0.221. The van der Waals surface area contributed by atoms with Gasteiger partial charge in [-0.25, -0.2) is 0 Å². The van der Waals surface area contributed by atoms with Gasteiger partial charge in [-0.15, -0.1) is 0 Å². The summed E-state index contributed by atoms with van der Waals surface area (Å²) in [7, 11) is 0. The maximum absolute atomic E-state index is 12.2. The third-order valence-corrected chi connectivity index (χ3v) is 2.74. The van der Waals surface area contributed by atoms with Gasteiger partial charge >= 0.3 is 0 Å². The number of nitrogen functional groups attached to an aromatic ring is 1. The van der Waals surface area contributed by atoms with E-state index in [0.717, 1.165) is 0 Å². The van der Waals surface area contributed by atoms with Crippen LogP contribution in [0, 0.1) is 11.3 Å². The first-order valence-corrected chi connectivity index (χ1v) is 5.93. The highest BCUT2D eigenvalue weighted by molar-refractivity contribution is 6.31. The monoisotopic (exact) mass is 283 g/mol. The molecular formula is C12H14ClN3O3. The van der Waals surface area contributed by atoms with Gasteiger partial charge in [0.25, 0.3) is 5.91 Å². The molecule has 0 saturated heterocycles. The summed E-state index contributed by atoms with van der Waals surface area (Å²) in [5.41, 5.74) is 5.98. The Balaban J connectivity index is 3.17. The number of halogens is 1. The van der Waals surface area contributed by atoms with Crippen molar-refractivity contribution in [2.45, 2.75) is 0 Å². The number of nitrogens with zero attached hydrogens (tertiary/aromatic N) is 2. The number of rotatable bonds is 5. The Morgan fingerprint density at radius 1 is 1.37 bits per heavy atom. The minimum absolute atomic E-state index is 0.0396. The molecule has 0 saturated carbocycles. The lowest BCUT2D eigenvalue weighted by Gasteiger charge is -2.21. The smallest absolute Gasteiger partial charge is 0.256 e. The van der Waals surface area contributed by atoms with Crippen LogP contribution in [0.4, 0.5) is 5.69 Å². The van der Waals surface area contributed by atoms with E-state index in [-0.39, 0.29) is 48.1 Å². The van der Waals surface area contributed by atoms with Crippen molar-refractivity contribution in [1.29, 1.82) is 5.26 Å². The van der Waals surface area contributed by atoms with E-state index in [1.54, 1.807) is 0 Å². The number of hydrogen-bond donors (Lipinski definition) is 3. The second kappa shape index (κ2) is 6.95. The number of benzene rings is 1. The second-order valence-electron chi connectivity index (χ2n) is 3.77. The number of hydrogen-bond acceptors (Lipinski definition) is 5. The van der Waals surface area contributed by atoms with Gasteiger partial charge in [0.15, 0.2) is 0 Å². The molecule has 4 N–H and O–H groups in total. The minimum atomic E-state index is -0.486. The van der Waals surface area contributed by atoms with Gasteiger partial charge in [-0.2, -0.15) is 5.26 Å². The summed E-state index contributed by atoms with van der Waals surface area (Å²) in [5, 5.41) is 26.9. The Bertz CT molecular complexity index is 508. The van der Waals surface area contributed by atoms with Gasteiger partial charge in [-0.3, -0.25) is 4.79 Å². The van der Waals surface area contributed by atoms with Crippen molar-refractivity contribution in [3.8, 4) is 6.07 Å². The zero-order valence-corrected chi connectivity index (χ0v) is 10.9. The number of carbonyl (C=O) groups is 1. The van der Waals surface area contributed by atoms with E-state index in [0.29, 0.717) is 0 Å². The van der Waals surface area contributed by atoms with E-state index in [2.05, 4.69) is 0 Å². The van der Waals surface area contributed by atoms with Crippen LogP contribution in [0.15, 0.2) is 12.1 Å². The lowest BCUT2D eigenvalue weighted by atomic mass is 10.1. The summed E-state index contributed by atoms with van der Waals surface area (Å²) in [6, 6.07) is 4.59. The van der Waals surface area contributed by atoms with Crippen molar-refractivity contribution < 1.29 is 15.0 Å². The quantitative estimate of drug-likeness (QED) is 0.670. The third kappa shape index (κ3) is 3.58. The fraction of sp³-hybridized carbons (Fsp3) is 0.333. The second-order valence-corrected chi connectivity index (χ2v) is 4.20. The molecule has 1 rings (SSSR count). The molecule has 0 aliphatic rings. The highest BCUT2D eigenvalue weighted by atomic mass is 35.5. The Morgan fingerprint density at radius 2 is 1.95 bits per heavy atom. The molecule has 0 aliphatic heterocycles. The van der Waals surface area contributed by atoms with Gasteiger partial charge in [-0.05, 0) is 12.1 Å². The Morgan fingerprint density at radius 3 is 2.42 bits per heavy atom. The summed E-state index contributed by atoms with van der Waals surface area (Å²) < 4.78 is 0. The number of nitrogens with two attached hydrogens (primary N) is 1. The van der Waals surface area contributed by atoms with Crippen LogP contribution in [0.3, 0.4) is 0 Å². The molecule has 0 unspecified atom stereocenters. The number of anilines is 1. The lowest BCUT2D eigenvalue weighted by molar-refractivity contribution is 0.0686. The van der Waals surface area contributed by atoms with Gasteiger partial charge in [0.2, 0.25) is 0 Å². The molecule has 0 heterocycles. The summed E-state index contributed by atoms with van der Waals surface area (Å²) in [4.78, 5) is 13.5. The average molecular weight is 284 g/mol. The Labute approximate surface area is 115 Å². The molecule has 0 radical (unpaired) electrons. The molecule has 1 aromatic carbocycles. The predicted molar refractivity (Wildman–Crippen MR) is 70.7 cm³/mol. The maximum atomic E-state index is 12.2. The highest BCUT2D eigenvalue weighted by Gasteiger charge is 2.20. The fourth-order valence-electron chi connectivity index (χ4n) is 1.61. The van der Waals surface area contributed by atoms with Gasteiger partial charge in [0.1, 0.15) is 6.07 Å². The van der Waals surface area contributed by atoms with Gasteiger partial charge in [0.05, 0.1) is 30.0 Å². The van der Waals surface area contributed by atoms with E-state index in [9.17, 15) is 4.79 Å². The number of nitriles is 1. The maximum Gasteiger partial charge on any atom is 0.256 e. The number of amides is 1. The number of carbonyl (C=O) groups excluding carboxylic acids is 1. The summed E-state index contributed by atoms with van der Waals surface area (Å²) in [6.45, 7) is -0.352. The first kappa shape index (κ1) is 15.2. The number of aliphatic hydroxyl groups excluding tert-OH is 2. The summed E-state index contributed by atoms with van der Waals surface area (Å²) in [5.74, 6) is -0.486. The molecule has 19 heavy (non-hydrogen) atoms. The SMILES string of the molecule is N#Cc1cc(Cl)cc(C(=O)N(CCO)CCO)c1N. The lowest BCUT2D eigenvalue weighted by Crippen LogP contribution is -2.36. The van der Waals surface area contributed by atoms with Crippen LogP contribution in [0.2, 0.25) is 5.02 Å². The van der Waals surface area contributed by atoms with Crippen molar-refractivity contribution in [1.82, 2.24) is 4.90 Å². The topological polar surface area (TPSA) is 111 Å². The average Bonchev–Trinajstić information content (AvgIpc) is 2.40. The highest BCUT2D eigenvalue weighted by Crippen LogP contribution is 2.24. The first-order valence-electron chi connectivity index (χ1n) is 5.55. The molecule has 0 atom stereocenters. The van der Waals surface area contributed by atoms with Crippen molar-refractivity contribution in [2.75, 3.05) is 32.0 Å². The van der Waals surface area contributed by atoms with E-state index < -0.39 is 5.91 Å². The molecule has 0 bridgehead atoms.